The van der Waals surface area contributed by atoms with Crippen molar-refractivity contribution in [1.82, 2.24) is 4.57 Å². The van der Waals surface area contributed by atoms with Crippen molar-refractivity contribution in [2.45, 2.75) is 39.5 Å². The normalized spacial score (nSPS) is 16.6. The third-order valence-electron chi connectivity index (χ3n) is 4.53. The number of cyclic esters (lactones) is 2. The van der Waals surface area contributed by atoms with Gasteiger partial charge in [-0.05, 0) is 18.9 Å². The number of hydrogen-bond donors (Lipinski definition) is 0. The van der Waals surface area contributed by atoms with Gasteiger partial charge in [0, 0.05) is 26.0 Å². The minimum Gasteiger partial charge on any atom is -0.422 e. The van der Waals surface area contributed by atoms with Crippen LogP contribution in [0.4, 0.5) is 0 Å². The summed E-state index contributed by atoms with van der Waals surface area (Å²) in [6.07, 6.45) is 0.0625. The zero-order valence-corrected chi connectivity index (χ0v) is 17.1. The number of rotatable bonds is 5. The molecule has 1 aliphatic heterocycles. The number of ether oxygens (including phenoxy) is 2. The minimum absolute atomic E-state index is 0.0625. The average molecular weight is 424 g/mol. The van der Waals surface area contributed by atoms with Gasteiger partial charge < -0.3 is 14.0 Å². The molecule has 2 heterocycles. The van der Waals surface area contributed by atoms with E-state index in [1.54, 1.807) is 31.2 Å². The van der Waals surface area contributed by atoms with E-state index in [0.717, 1.165) is 0 Å². The Hall–Kier alpha value is -2.31. The Morgan fingerprint density at radius 1 is 1.11 bits per heavy atom. The van der Waals surface area contributed by atoms with Gasteiger partial charge in [0.15, 0.2) is 5.92 Å². The van der Waals surface area contributed by atoms with Gasteiger partial charge in [-0.2, -0.15) is 0 Å². The molecule has 1 aromatic heterocycles. The fourth-order valence-electron chi connectivity index (χ4n) is 3.14. The fraction of sp³-hybridized carbons (Fsp3) is 0.350. The summed E-state index contributed by atoms with van der Waals surface area (Å²) in [5.74, 6) is -3.96. The molecule has 0 spiro atoms. The minimum atomic E-state index is -1.29. The first-order valence-corrected chi connectivity index (χ1v) is 9.47. The fourth-order valence-corrected chi connectivity index (χ4v) is 3.65. The van der Waals surface area contributed by atoms with E-state index in [1.165, 1.54) is 18.4 Å². The van der Waals surface area contributed by atoms with Crippen LogP contribution >= 0.6 is 23.2 Å². The topological polar surface area (TPSA) is 74.6 Å². The molecule has 148 valence electrons. The van der Waals surface area contributed by atoms with Gasteiger partial charge in [-0.3, -0.25) is 14.4 Å². The molecule has 0 saturated carbocycles. The van der Waals surface area contributed by atoms with E-state index in [-0.39, 0.29) is 28.9 Å². The summed E-state index contributed by atoms with van der Waals surface area (Å²) in [7, 11) is 0. The van der Waals surface area contributed by atoms with Crippen LogP contribution in [0.3, 0.4) is 0 Å². The average Bonchev–Trinajstić information content (AvgIpc) is 2.84. The van der Waals surface area contributed by atoms with E-state index < -0.39 is 23.6 Å². The second-order valence-electron chi connectivity index (χ2n) is 7.01. The molecule has 6 nitrogen and oxygen atoms in total. The molecule has 0 atom stereocenters. The van der Waals surface area contributed by atoms with Crippen LogP contribution in [-0.4, -0.2) is 28.1 Å². The molecule has 0 amide bonds. The SMILES string of the molecule is Cc1c(Cl)c(Cl)n(CCC2C(=O)OC(C)(C)OC2=O)c1C(=O)c1ccccc1. The summed E-state index contributed by atoms with van der Waals surface area (Å²) in [5.41, 5.74) is 1.34. The van der Waals surface area contributed by atoms with Crippen LogP contribution in [0, 0.1) is 12.8 Å². The lowest BCUT2D eigenvalue weighted by molar-refractivity contribution is -0.240. The summed E-state index contributed by atoms with van der Waals surface area (Å²) < 4.78 is 11.8. The predicted octanol–water partition coefficient (Wildman–Crippen LogP) is 4.18. The number of ketones is 1. The first kappa shape index (κ1) is 20.4. The van der Waals surface area contributed by atoms with Crippen LogP contribution in [0.2, 0.25) is 10.2 Å². The molecule has 3 rings (SSSR count). The zero-order valence-electron chi connectivity index (χ0n) is 15.6. The van der Waals surface area contributed by atoms with Gasteiger partial charge in [-0.25, -0.2) is 0 Å². The molecule has 0 radical (unpaired) electrons. The number of hydrogen-bond acceptors (Lipinski definition) is 5. The summed E-state index contributed by atoms with van der Waals surface area (Å²) in [4.78, 5) is 37.4. The quantitative estimate of drug-likeness (QED) is 0.409. The van der Waals surface area contributed by atoms with E-state index in [0.29, 0.717) is 16.8 Å². The van der Waals surface area contributed by atoms with Gasteiger partial charge >= 0.3 is 11.9 Å². The Kier molecular flexibility index (Phi) is 5.55. The molecule has 8 heteroatoms. The number of carbonyl (C=O) groups excluding carboxylic acids is 3. The largest absolute Gasteiger partial charge is 0.422 e. The molecule has 2 aromatic rings. The number of halogens is 2. The summed E-state index contributed by atoms with van der Waals surface area (Å²) >= 11 is 12.6. The molecule has 28 heavy (non-hydrogen) atoms. The van der Waals surface area contributed by atoms with Gasteiger partial charge in [0.2, 0.25) is 5.78 Å². The standard InChI is InChI=1S/C20H19Cl2NO5/c1-11-14(21)17(22)23(15(11)16(24)12-7-5-4-6-8-12)10-9-13-18(25)27-20(2,3)28-19(13)26/h4-8,13H,9-10H2,1-3H3. The third-order valence-corrected chi connectivity index (χ3v) is 5.48. The number of nitrogens with zero attached hydrogens (tertiary/aromatic N) is 1. The maximum absolute atomic E-state index is 13.0. The highest BCUT2D eigenvalue weighted by atomic mass is 35.5. The highest BCUT2D eigenvalue weighted by molar-refractivity contribution is 6.42. The molecular weight excluding hydrogens is 405 g/mol. The van der Waals surface area contributed by atoms with Crippen LogP contribution in [0.5, 0.6) is 0 Å². The van der Waals surface area contributed by atoms with Gasteiger partial charge in [0.1, 0.15) is 5.15 Å². The van der Waals surface area contributed by atoms with E-state index in [4.69, 9.17) is 32.7 Å². The highest BCUT2D eigenvalue weighted by Gasteiger charge is 2.43. The molecular formula is C20H19Cl2NO5. The Bertz CT molecular complexity index is 929. The Labute approximate surface area is 172 Å². The van der Waals surface area contributed by atoms with Crippen molar-refractivity contribution >= 4 is 40.9 Å². The maximum atomic E-state index is 13.0. The van der Waals surface area contributed by atoms with Gasteiger partial charge in [-0.1, -0.05) is 53.5 Å². The van der Waals surface area contributed by atoms with Crippen LogP contribution in [0.1, 0.15) is 41.9 Å². The van der Waals surface area contributed by atoms with E-state index in [2.05, 4.69) is 0 Å². The van der Waals surface area contributed by atoms with Gasteiger partial charge in [0.05, 0.1) is 10.7 Å². The monoisotopic (exact) mass is 423 g/mol. The smallest absolute Gasteiger partial charge is 0.323 e. The van der Waals surface area contributed by atoms with E-state index in [1.807, 2.05) is 6.07 Å². The maximum Gasteiger partial charge on any atom is 0.323 e. The number of carbonyl (C=O) groups is 3. The van der Waals surface area contributed by atoms with Crippen molar-refractivity contribution in [2.24, 2.45) is 5.92 Å². The Morgan fingerprint density at radius 2 is 1.68 bits per heavy atom. The lowest BCUT2D eigenvalue weighted by atomic mass is 10.0. The zero-order chi connectivity index (χ0) is 20.6. The highest BCUT2D eigenvalue weighted by Crippen LogP contribution is 2.34. The van der Waals surface area contributed by atoms with Crippen molar-refractivity contribution in [3.05, 3.63) is 57.3 Å². The Morgan fingerprint density at radius 3 is 2.25 bits per heavy atom. The van der Waals surface area contributed by atoms with E-state index >= 15 is 0 Å². The number of aromatic nitrogens is 1. The van der Waals surface area contributed by atoms with Crippen molar-refractivity contribution in [1.29, 1.82) is 0 Å². The van der Waals surface area contributed by atoms with Crippen LogP contribution in [-0.2, 0) is 25.6 Å². The molecule has 0 aliphatic carbocycles. The summed E-state index contributed by atoms with van der Waals surface area (Å²) in [6.45, 7) is 4.80. The molecule has 1 fully saturated rings. The third kappa shape index (κ3) is 3.80. The first-order valence-electron chi connectivity index (χ1n) is 8.72. The van der Waals surface area contributed by atoms with Gasteiger partial charge in [-0.15, -0.1) is 0 Å². The molecule has 1 aliphatic rings. The molecule has 0 N–H and O–H groups in total. The van der Waals surface area contributed by atoms with Crippen LogP contribution in [0.25, 0.3) is 0 Å². The summed E-state index contributed by atoms with van der Waals surface area (Å²) in [6, 6.07) is 8.71. The lowest BCUT2D eigenvalue weighted by Gasteiger charge is -2.32. The van der Waals surface area contributed by atoms with Crippen LogP contribution in [0.15, 0.2) is 30.3 Å². The lowest BCUT2D eigenvalue weighted by Crippen LogP contribution is -2.46. The molecule has 0 unspecified atom stereocenters. The van der Waals surface area contributed by atoms with Crippen molar-refractivity contribution < 1.29 is 23.9 Å². The molecule has 1 saturated heterocycles. The second-order valence-corrected chi connectivity index (χ2v) is 7.74. The first-order chi connectivity index (χ1) is 13.1. The van der Waals surface area contributed by atoms with Crippen molar-refractivity contribution in [3.63, 3.8) is 0 Å². The van der Waals surface area contributed by atoms with Gasteiger partial charge in [0.25, 0.3) is 5.79 Å². The molecule has 0 bridgehead atoms. The number of esters is 2. The van der Waals surface area contributed by atoms with Crippen molar-refractivity contribution in [3.8, 4) is 0 Å². The Balaban J connectivity index is 1.89. The molecule has 1 aromatic carbocycles. The van der Waals surface area contributed by atoms with E-state index in [9.17, 15) is 14.4 Å². The summed E-state index contributed by atoms with van der Waals surface area (Å²) in [5, 5.41) is 0.437. The second kappa shape index (κ2) is 7.60. The van der Waals surface area contributed by atoms with Crippen molar-refractivity contribution in [2.75, 3.05) is 0 Å². The number of benzene rings is 1. The predicted molar refractivity (Wildman–Crippen MR) is 103 cm³/mol. The van der Waals surface area contributed by atoms with Crippen LogP contribution < -0.4 is 0 Å².